The van der Waals surface area contributed by atoms with Crippen LogP contribution in [0, 0.1) is 0 Å². The van der Waals surface area contributed by atoms with Crippen molar-refractivity contribution in [3.05, 3.63) is 66.4 Å². The zero-order chi connectivity index (χ0) is 20.6. The monoisotopic (exact) mass is 392 g/mol. The summed E-state index contributed by atoms with van der Waals surface area (Å²) in [6.45, 7) is 7.58. The minimum Gasteiger partial charge on any atom is -0.497 e. The molecule has 0 bridgehead atoms. The molecule has 0 atom stereocenters. The number of hydrogen-bond donors (Lipinski definition) is 1. The van der Waals surface area contributed by atoms with Crippen LogP contribution in [0.2, 0.25) is 0 Å². The maximum Gasteiger partial charge on any atom is 0.255 e. The van der Waals surface area contributed by atoms with E-state index < -0.39 is 0 Å². The summed E-state index contributed by atoms with van der Waals surface area (Å²) in [4.78, 5) is 15.3. The van der Waals surface area contributed by atoms with Crippen LogP contribution in [-0.4, -0.2) is 53.9 Å². The molecule has 0 unspecified atom stereocenters. The van der Waals surface area contributed by atoms with Gasteiger partial charge in [0.15, 0.2) is 0 Å². The summed E-state index contributed by atoms with van der Waals surface area (Å²) in [6, 6.07) is 17.4. The van der Waals surface area contributed by atoms with Gasteiger partial charge in [0.25, 0.3) is 5.91 Å². The van der Waals surface area contributed by atoms with Crippen LogP contribution in [0.25, 0.3) is 16.9 Å². The van der Waals surface area contributed by atoms with E-state index in [-0.39, 0.29) is 5.91 Å². The Bertz CT molecular complexity index is 933. The average molecular weight is 393 g/mol. The summed E-state index contributed by atoms with van der Waals surface area (Å²) < 4.78 is 7.09. The lowest BCUT2D eigenvalue weighted by atomic mass is 10.1. The number of para-hydroxylation sites is 1. The highest BCUT2D eigenvalue weighted by Gasteiger charge is 2.19. The zero-order valence-electron chi connectivity index (χ0n) is 17.3. The second-order valence-corrected chi connectivity index (χ2v) is 6.69. The average Bonchev–Trinajstić information content (AvgIpc) is 3.23. The first kappa shape index (κ1) is 20.6. The molecular formula is C23H28N4O2. The van der Waals surface area contributed by atoms with E-state index in [1.54, 1.807) is 18.0 Å². The largest absolute Gasteiger partial charge is 0.497 e. The number of rotatable bonds is 9. The second kappa shape index (κ2) is 9.89. The number of nitrogens with one attached hydrogen (secondary N) is 1. The highest BCUT2D eigenvalue weighted by atomic mass is 16.5. The predicted molar refractivity (Wildman–Crippen MR) is 116 cm³/mol. The van der Waals surface area contributed by atoms with Gasteiger partial charge >= 0.3 is 0 Å². The van der Waals surface area contributed by atoms with Gasteiger partial charge in [-0.25, -0.2) is 4.68 Å². The van der Waals surface area contributed by atoms with E-state index in [9.17, 15) is 4.79 Å². The van der Waals surface area contributed by atoms with Crippen molar-refractivity contribution in [3.8, 4) is 22.7 Å². The molecule has 0 aliphatic heterocycles. The Balaban J connectivity index is 1.91. The molecule has 0 spiro atoms. The van der Waals surface area contributed by atoms with Gasteiger partial charge in [-0.15, -0.1) is 0 Å². The number of nitrogens with zero attached hydrogens (tertiary/aromatic N) is 3. The lowest BCUT2D eigenvalue weighted by Crippen LogP contribution is -2.34. The molecule has 0 fully saturated rings. The molecule has 0 aliphatic carbocycles. The lowest BCUT2D eigenvalue weighted by Gasteiger charge is -2.17. The third-order valence-electron chi connectivity index (χ3n) is 4.93. The van der Waals surface area contributed by atoms with Crippen molar-refractivity contribution in [2.45, 2.75) is 13.8 Å². The van der Waals surface area contributed by atoms with Gasteiger partial charge in [-0.2, -0.15) is 5.10 Å². The molecule has 3 rings (SSSR count). The molecule has 6 nitrogen and oxygen atoms in total. The van der Waals surface area contributed by atoms with Crippen molar-refractivity contribution in [2.24, 2.45) is 0 Å². The topological polar surface area (TPSA) is 59.4 Å². The fraction of sp³-hybridized carbons (Fsp3) is 0.304. The van der Waals surface area contributed by atoms with Crippen LogP contribution in [0.15, 0.2) is 60.8 Å². The van der Waals surface area contributed by atoms with Gasteiger partial charge in [-0.05, 0) is 37.4 Å². The summed E-state index contributed by atoms with van der Waals surface area (Å²) in [5.41, 5.74) is 2.92. The SMILES string of the molecule is CCN(CC)CCNC(=O)c1cn(-c2ccccc2)nc1-c1cccc(OC)c1. The van der Waals surface area contributed by atoms with Crippen LogP contribution in [0.3, 0.4) is 0 Å². The lowest BCUT2D eigenvalue weighted by molar-refractivity contribution is 0.0949. The van der Waals surface area contributed by atoms with E-state index in [0.29, 0.717) is 17.8 Å². The number of benzene rings is 2. The summed E-state index contributed by atoms with van der Waals surface area (Å²) in [6.07, 6.45) is 1.79. The van der Waals surface area contributed by atoms with Gasteiger partial charge in [0, 0.05) is 24.8 Å². The van der Waals surface area contributed by atoms with Gasteiger partial charge in [-0.3, -0.25) is 4.79 Å². The smallest absolute Gasteiger partial charge is 0.255 e. The van der Waals surface area contributed by atoms with Crippen molar-refractivity contribution in [1.82, 2.24) is 20.0 Å². The molecule has 1 N–H and O–H groups in total. The molecule has 6 heteroatoms. The van der Waals surface area contributed by atoms with Crippen LogP contribution in [0.4, 0.5) is 0 Å². The van der Waals surface area contributed by atoms with E-state index >= 15 is 0 Å². The van der Waals surface area contributed by atoms with Crippen molar-refractivity contribution >= 4 is 5.91 Å². The molecule has 0 saturated heterocycles. The molecule has 0 saturated carbocycles. The molecule has 29 heavy (non-hydrogen) atoms. The van der Waals surface area contributed by atoms with Gasteiger partial charge in [-0.1, -0.05) is 44.2 Å². The van der Waals surface area contributed by atoms with Crippen LogP contribution < -0.4 is 10.1 Å². The van der Waals surface area contributed by atoms with E-state index in [1.807, 2.05) is 54.6 Å². The third-order valence-corrected chi connectivity index (χ3v) is 4.93. The Hall–Kier alpha value is -3.12. The van der Waals surface area contributed by atoms with Crippen molar-refractivity contribution < 1.29 is 9.53 Å². The first-order chi connectivity index (χ1) is 14.2. The summed E-state index contributed by atoms with van der Waals surface area (Å²) in [5.74, 6) is 0.599. The van der Waals surface area contributed by atoms with Gasteiger partial charge in [0.2, 0.25) is 0 Å². The maximum absolute atomic E-state index is 13.0. The molecule has 0 aliphatic rings. The standard InChI is InChI=1S/C23H28N4O2/c1-4-26(5-2)15-14-24-23(28)21-17-27(19-11-7-6-8-12-19)25-22(21)18-10-9-13-20(16-18)29-3/h6-13,16-17H,4-5,14-15H2,1-3H3,(H,24,28). The fourth-order valence-corrected chi connectivity index (χ4v) is 3.20. The number of likely N-dealkylation sites (N-methyl/N-ethyl adjacent to an activating group) is 1. The van der Waals surface area contributed by atoms with Crippen LogP contribution in [-0.2, 0) is 0 Å². The summed E-state index contributed by atoms with van der Waals surface area (Å²) in [5, 5.41) is 7.75. The van der Waals surface area contributed by atoms with Crippen LogP contribution in [0.1, 0.15) is 24.2 Å². The Morgan fingerprint density at radius 2 is 1.86 bits per heavy atom. The molecule has 0 radical (unpaired) electrons. The van der Waals surface area contributed by atoms with Gasteiger partial charge in [0.05, 0.1) is 18.4 Å². The first-order valence-electron chi connectivity index (χ1n) is 9.96. The number of methoxy groups -OCH3 is 1. The van der Waals surface area contributed by atoms with E-state index in [2.05, 4.69) is 24.1 Å². The number of amides is 1. The van der Waals surface area contributed by atoms with E-state index in [1.165, 1.54) is 0 Å². The number of carbonyl (C=O) groups excluding carboxylic acids is 1. The Morgan fingerprint density at radius 3 is 2.55 bits per heavy atom. The van der Waals surface area contributed by atoms with Gasteiger partial charge < -0.3 is 15.0 Å². The van der Waals surface area contributed by atoms with E-state index in [4.69, 9.17) is 9.84 Å². The highest BCUT2D eigenvalue weighted by molar-refractivity contribution is 6.00. The minimum atomic E-state index is -0.128. The maximum atomic E-state index is 13.0. The first-order valence-corrected chi connectivity index (χ1v) is 9.96. The summed E-state index contributed by atoms with van der Waals surface area (Å²) >= 11 is 0. The van der Waals surface area contributed by atoms with Crippen LogP contribution >= 0.6 is 0 Å². The Labute approximate surface area is 172 Å². The van der Waals surface area contributed by atoms with Gasteiger partial charge in [0.1, 0.15) is 11.4 Å². The molecule has 3 aromatic rings. The van der Waals surface area contributed by atoms with E-state index in [0.717, 1.165) is 36.6 Å². The molecule has 1 aromatic heterocycles. The predicted octanol–water partition coefficient (Wildman–Crippen LogP) is 3.62. The zero-order valence-corrected chi connectivity index (χ0v) is 17.3. The molecule has 1 amide bonds. The number of carbonyl (C=O) groups is 1. The minimum absolute atomic E-state index is 0.128. The van der Waals surface area contributed by atoms with Crippen LogP contribution in [0.5, 0.6) is 5.75 Å². The number of ether oxygens (including phenoxy) is 1. The summed E-state index contributed by atoms with van der Waals surface area (Å²) in [7, 11) is 1.63. The quantitative estimate of drug-likeness (QED) is 0.604. The Kier molecular flexibility index (Phi) is 7.03. The number of hydrogen-bond acceptors (Lipinski definition) is 4. The molecule has 1 heterocycles. The van der Waals surface area contributed by atoms with Crippen molar-refractivity contribution in [1.29, 1.82) is 0 Å². The van der Waals surface area contributed by atoms with Crippen molar-refractivity contribution in [2.75, 3.05) is 33.3 Å². The fourth-order valence-electron chi connectivity index (χ4n) is 3.20. The molecule has 2 aromatic carbocycles. The highest BCUT2D eigenvalue weighted by Crippen LogP contribution is 2.27. The third kappa shape index (κ3) is 5.03. The normalized spacial score (nSPS) is 10.9. The Morgan fingerprint density at radius 1 is 1.10 bits per heavy atom. The number of aromatic nitrogens is 2. The molecular weight excluding hydrogens is 364 g/mol. The second-order valence-electron chi connectivity index (χ2n) is 6.69. The molecule has 152 valence electrons. The van der Waals surface area contributed by atoms with Crippen molar-refractivity contribution in [3.63, 3.8) is 0 Å².